The van der Waals surface area contributed by atoms with Crippen molar-refractivity contribution in [1.29, 1.82) is 0 Å². The Labute approximate surface area is 181 Å². The molecule has 0 heterocycles. The lowest BCUT2D eigenvalue weighted by Gasteiger charge is -2.33. The van der Waals surface area contributed by atoms with E-state index in [9.17, 15) is 19.5 Å². The number of benzene rings is 2. The number of carboxylic acid groups (broad SMARTS) is 1. The fourth-order valence-corrected chi connectivity index (χ4v) is 2.72. The Hall–Kier alpha value is -3.55. The minimum Gasteiger partial charge on any atom is -0.478 e. The van der Waals surface area contributed by atoms with E-state index in [1.54, 1.807) is 51.1 Å². The van der Waals surface area contributed by atoms with Crippen LogP contribution in [0.5, 0.6) is 0 Å². The Morgan fingerprint density at radius 1 is 0.935 bits per heavy atom. The number of hydrogen-bond acceptors (Lipinski definition) is 6. The van der Waals surface area contributed by atoms with E-state index in [0.29, 0.717) is 5.69 Å². The second-order valence-electron chi connectivity index (χ2n) is 7.97. The molecule has 0 aliphatic heterocycles. The summed E-state index contributed by atoms with van der Waals surface area (Å²) in [7, 11) is 0. The number of esters is 1. The fraction of sp³-hybridized carbons (Fsp3) is 0.348. The number of rotatable bonds is 9. The lowest BCUT2D eigenvalue weighted by Crippen LogP contribution is -2.61. The first kappa shape index (κ1) is 23.7. The number of nitrogens with one attached hydrogen (secondary N) is 2. The molecule has 0 saturated heterocycles. The summed E-state index contributed by atoms with van der Waals surface area (Å²) in [6, 6.07) is 17.7. The molecule has 0 aromatic heterocycles. The Kier molecular flexibility index (Phi) is 8.01. The first-order valence-electron chi connectivity index (χ1n) is 9.87. The molecule has 0 aliphatic carbocycles. The molecule has 0 spiro atoms. The standard InChI is InChI=1S/C23H28N2O6/c1-22(2,3)31-21(29)25-23(20(27)28,24-18-12-8-5-9-13-18)15-14-19(26)30-16-17-10-6-4-7-11-17/h4-13,24H,14-16H2,1-3H3,(H,25,29)(H,27,28)/t23-/m0/s1. The van der Waals surface area contributed by atoms with Gasteiger partial charge in [-0.2, -0.15) is 0 Å². The van der Waals surface area contributed by atoms with Gasteiger partial charge in [0.15, 0.2) is 0 Å². The molecule has 0 fully saturated rings. The van der Waals surface area contributed by atoms with Gasteiger partial charge in [0, 0.05) is 12.1 Å². The summed E-state index contributed by atoms with van der Waals surface area (Å²) in [5.41, 5.74) is -1.53. The minimum absolute atomic E-state index is 0.0748. The number of amides is 1. The third-order valence-electron chi connectivity index (χ3n) is 4.16. The molecule has 31 heavy (non-hydrogen) atoms. The number of aliphatic carboxylic acids is 1. The quantitative estimate of drug-likeness (QED) is 0.410. The predicted octanol–water partition coefficient (Wildman–Crippen LogP) is 3.93. The smallest absolute Gasteiger partial charge is 0.409 e. The van der Waals surface area contributed by atoms with Crippen LogP contribution in [0.25, 0.3) is 0 Å². The van der Waals surface area contributed by atoms with Crippen molar-refractivity contribution in [3.05, 3.63) is 66.2 Å². The number of alkyl carbamates (subject to hydrolysis) is 1. The van der Waals surface area contributed by atoms with Crippen molar-refractivity contribution < 1.29 is 29.0 Å². The Morgan fingerprint density at radius 3 is 2.06 bits per heavy atom. The van der Waals surface area contributed by atoms with Crippen molar-refractivity contribution in [3.63, 3.8) is 0 Å². The van der Waals surface area contributed by atoms with Crippen LogP contribution < -0.4 is 10.6 Å². The van der Waals surface area contributed by atoms with Crippen LogP contribution in [-0.2, 0) is 25.7 Å². The molecule has 2 aromatic rings. The van der Waals surface area contributed by atoms with E-state index in [-0.39, 0.29) is 19.4 Å². The van der Waals surface area contributed by atoms with Gasteiger partial charge in [0.05, 0.1) is 6.42 Å². The molecule has 0 unspecified atom stereocenters. The van der Waals surface area contributed by atoms with E-state index < -0.39 is 29.3 Å². The van der Waals surface area contributed by atoms with Gasteiger partial charge in [-0.05, 0) is 38.5 Å². The van der Waals surface area contributed by atoms with Crippen molar-refractivity contribution >= 4 is 23.7 Å². The van der Waals surface area contributed by atoms with Gasteiger partial charge in [-0.25, -0.2) is 9.59 Å². The molecule has 1 atom stereocenters. The summed E-state index contributed by atoms with van der Waals surface area (Å²) in [4.78, 5) is 36.9. The van der Waals surface area contributed by atoms with Crippen molar-refractivity contribution in [1.82, 2.24) is 5.32 Å². The van der Waals surface area contributed by atoms with Gasteiger partial charge in [0.1, 0.15) is 12.2 Å². The second kappa shape index (κ2) is 10.5. The number of carbonyl (C=O) groups is 3. The van der Waals surface area contributed by atoms with E-state index in [1.807, 2.05) is 30.3 Å². The zero-order chi connectivity index (χ0) is 22.9. The number of ether oxygens (including phenoxy) is 2. The minimum atomic E-state index is -1.98. The van der Waals surface area contributed by atoms with Crippen LogP contribution in [0.2, 0.25) is 0 Å². The van der Waals surface area contributed by atoms with Crippen molar-refractivity contribution in [2.75, 3.05) is 5.32 Å². The van der Waals surface area contributed by atoms with E-state index in [0.717, 1.165) is 5.56 Å². The average Bonchev–Trinajstić information content (AvgIpc) is 2.70. The summed E-state index contributed by atoms with van der Waals surface area (Å²) in [6.45, 7) is 5.08. The highest BCUT2D eigenvalue weighted by Crippen LogP contribution is 2.21. The molecule has 0 bridgehead atoms. The largest absolute Gasteiger partial charge is 0.478 e. The summed E-state index contributed by atoms with van der Waals surface area (Å²) in [6.07, 6.45) is -1.42. The topological polar surface area (TPSA) is 114 Å². The first-order chi connectivity index (χ1) is 14.6. The van der Waals surface area contributed by atoms with Crippen molar-refractivity contribution in [3.8, 4) is 0 Å². The highest BCUT2D eigenvalue weighted by atomic mass is 16.6. The van der Waals surface area contributed by atoms with Gasteiger partial charge >= 0.3 is 18.0 Å². The first-order valence-corrected chi connectivity index (χ1v) is 9.87. The van der Waals surface area contributed by atoms with Gasteiger partial charge in [-0.15, -0.1) is 0 Å². The molecule has 2 aromatic carbocycles. The Balaban J connectivity index is 2.13. The van der Waals surface area contributed by atoms with Crippen LogP contribution in [0, 0.1) is 0 Å². The third-order valence-corrected chi connectivity index (χ3v) is 4.16. The average molecular weight is 428 g/mol. The van der Waals surface area contributed by atoms with Gasteiger partial charge in [-0.1, -0.05) is 48.5 Å². The monoisotopic (exact) mass is 428 g/mol. The number of carboxylic acids is 1. The summed E-state index contributed by atoms with van der Waals surface area (Å²) < 4.78 is 10.5. The highest BCUT2D eigenvalue weighted by Gasteiger charge is 2.42. The number of hydrogen-bond donors (Lipinski definition) is 3. The van der Waals surface area contributed by atoms with Crippen LogP contribution in [0.4, 0.5) is 10.5 Å². The molecule has 8 heteroatoms. The molecule has 8 nitrogen and oxygen atoms in total. The molecule has 0 radical (unpaired) electrons. The van der Waals surface area contributed by atoms with Crippen LogP contribution >= 0.6 is 0 Å². The lowest BCUT2D eigenvalue weighted by molar-refractivity contribution is -0.147. The van der Waals surface area contributed by atoms with Crippen molar-refractivity contribution in [2.45, 2.75) is 51.5 Å². The SMILES string of the molecule is CC(C)(C)OC(=O)N[C@](CCC(=O)OCc1ccccc1)(Nc1ccccc1)C(=O)O. The second-order valence-corrected chi connectivity index (χ2v) is 7.97. The van der Waals surface area contributed by atoms with Crippen molar-refractivity contribution in [2.24, 2.45) is 0 Å². The lowest BCUT2D eigenvalue weighted by atomic mass is 10.0. The van der Waals surface area contributed by atoms with Gasteiger partial charge in [0.25, 0.3) is 0 Å². The van der Waals surface area contributed by atoms with E-state index >= 15 is 0 Å². The summed E-state index contributed by atoms with van der Waals surface area (Å²) >= 11 is 0. The molecule has 2 rings (SSSR count). The molecule has 1 amide bonds. The van der Waals surface area contributed by atoms with Gasteiger partial charge in [0.2, 0.25) is 5.66 Å². The van der Waals surface area contributed by atoms with Gasteiger partial charge < -0.3 is 19.9 Å². The molecule has 3 N–H and O–H groups in total. The summed E-state index contributed by atoms with van der Waals surface area (Å²) in [5.74, 6) is -1.95. The van der Waals surface area contributed by atoms with Gasteiger partial charge in [-0.3, -0.25) is 10.1 Å². The summed E-state index contributed by atoms with van der Waals surface area (Å²) in [5, 5.41) is 15.2. The van der Waals surface area contributed by atoms with Crippen LogP contribution in [0.3, 0.4) is 0 Å². The maximum absolute atomic E-state index is 12.4. The van der Waals surface area contributed by atoms with E-state index in [1.165, 1.54) is 0 Å². The number of carbonyl (C=O) groups excluding carboxylic acids is 2. The fourth-order valence-electron chi connectivity index (χ4n) is 2.72. The van der Waals surface area contributed by atoms with E-state index in [4.69, 9.17) is 9.47 Å². The zero-order valence-electron chi connectivity index (χ0n) is 17.9. The maximum atomic E-state index is 12.4. The molecule has 0 saturated carbocycles. The van der Waals surface area contributed by atoms with Crippen LogP contribution in [-0.4, -0.2) is 34.4 Å². The van der Waals surface area contributed by atoms with Crippen LogP contribution in [0.1, 0.15) is 39.2 Å². The molecule has 166 valence electrons. The number of anilines is 1. The van der Waals surface area contributed by atoms with E-state index in [2.05, 4.69) is 10.6 Å². The Morgan fingerprint density at radius 2 is 1.52 bits per heavy atom. The zero-order valence-corrected chi connectivity index (χ0v) is 17.9. The normalized spacial score (nSPS) is 12.9. The van der Waals surface area contributed by atoms with Crippen LogP contribution in [0.15, 0.2) is 60.7 Å². The molecular formula is C23H28N2O6. The Bertz CT molecular complexity index is 880. The predicted molar refractivity (Wildman–Crippen MR) is 115 cm³/mol. The molecular weight excluding hydrogens is 400 g/mol. The maximum Gasteiger partial charge on any atom is 0.409 e. The third kappa shape index (κ3) is 8.00. The number of para-hydroxylation sites is 1. The molecule has 0 aliphatic rings. The highest BCUT2D eigenvalue weighted by molar-refractivity contribution is 5.88.